The second-order valence-electron chi connectivity index (χ2n) is 5.28. The summed E-state index contributed by atoms with van der Waals surface area (Å²) in [5, 5.41) is 9.21. The van der Waals surface area contributed by atoms with Crippen LogP contribution in [0.25, 0.3) is 0 Å². The number of nitrogens with zero attached hydrogens (tertiary/aromatic N) is 1. The van der Waals surface area contributed by atoms with Crippen molar-refractivity contribution in [1.82, 2.24) is 4.90 Å². The molecule has 2 aliphatic rings. The molecule has 2 atom stereocenters. The van der Waals surface area contributed by atoms with Crippen molar-refractivity contribution in [3.8, 4) is 5.75 Å². The van der Waals surface area contributed by atoms with Crippen molar-refractivity contribution in [1.29, 1.82) is 0 Å². The van der Waals surface area contributed by atoms with Gasteiger partial charge in [-0.3, -0.25) is 4.79 Å². The van der Waals surface area contributed by atoms with Crippen LogP contribution < -0.4 is 4.74 Å². The first-order chi connectivity index (χ1) is 10.2. The maximum absolute atomic E-state index is 12.6. The van der Waals surface area contributed by atoms with Gasteiger partial charge >= 0.3 is 5.97 Å². The average molecular weight is 291 g/mol. The highest BCUT2D eigenvalue weighted by atomic mass is 16.5. The number of carbonyl (C=O) groups is 2. The van der Waals surface area contributed by atoms with E-state index in [1.165, 1.54) is 4.90 Å². The van der Waals surface area contributed by atoms with E-state index in [0.717, 1.165) is 11.3 Å². The summed E-state index contributed by atoms with van der Waals surface area (Å²) in [4.78, 5) is 25.3. The average Bonchev–Trinajstić information content (AvgIpc) is 2.53. The Hall–Kier alpha value is -2.08. The van der Waals surface area contributed by atoms with E-state index in [1.807, 2.05) is 24.3 Å². The molecule has 6 nitrogen and oxygen atoms in total. The Bertz CT molecular complexity index is 559. The van der Waals surface area contributed by atoms with Crippen molar-refractivity contribution in [3.63, 3.8) is 0 Å². The second kappa shape index (κ2) is 5.73. The fourth-order valence-electron chi connectivity index (χ4n) is 2.79. The number of benzene rings is 1. The van der Waals surface area contributed by atoms with E-state index in [2.05, 4.69) is 0 Å². The van der Waals surface area contributed by atoms with E-state index in [-0.39, 0.29) is 18.4 Å². The first-order valence-corrected chi connectivity index (χ1v) is 6.98. The molecular formula is C15H17NO5. The third kappa shape index (κ3) is 2.71. The maximum Gasteiger partial charge on any atom is 0.328 e. The lowest BCUT2D eigenvalue weighted by Crippen LogP contribution is -2.55. The topological polar surface area (TPSA) is 76.1 Å². The minimum absolute atomic E-state index is 0.0469. The molecule has 0 unspecified atom stereocenters. The number of morpholine rings is 1. The molecule has 2 heterocycles. The number of rotatable bonds is 2. The van der Waals surface area contributed by atoms with E-state index in [0.29, 0.717) is 26.2 Å². The number of para-hydroxylation sites is 1. The SMILES string of the molecule is O=C(O)[C@H]1COCCN1C(=O)[C@H]1COc2ccccc2C1. The lowest BCUT2D eigenvalue weighted by molar-refractivity contribution is -0.161. The molecule has 0 bridgehead atoms. The molecule has 1 amide bonds. The predicted octanol–water partition coefficient (Wildman–Crippen LogP) is 0.550. The zero-order chi connectivity index (χ0) is 14.8. The van der Waals surface area contributed by atoms with Crippen LogP contribution in [0.3, 0.4) is 0 Å². The molecule has 0 aromatic heterocycles. The largest absolute Gasteiger partial charge is 0.492 e. The summed E-state index contributed by atoms with van der Waals surface area (Å²) in [6.07, 6.45) is 0.582. The van der Waals surface area contributed by atoms with Gasteiger partial charge in [-0.1, -0.05) is 18.2 Å². The molecule has 0 aliphatic carbocycles. The van der Waals surface area contributed by atoms with Gasteiger partial charge in [0.2, 0.25) is 5.91 Å². The van der Waals surface area contributed by atoms with Crippen molar-refractivity contribution in [2.45, 2.75) is 12.5 Å². The lowest BCUT2D eigenvalue weighted by atomic mass is 9.95. The summed E-state index contributed by atoms with van der Waals surface area (Å²) < 4.78 is 10.8. The van der Waals surface area contributed by atoms with Crippen LogP contribution in [-0.2, 0) is 20.7 Å². The normalized spacial score (nSPS) is 24.9. The summed E-state index contributed by atoms with van der Waals surface area (Å²) >= 11 is 0. The summed E-state index contributed by atoms with van der Waals surface area (Å²) in [7, 11) is 0. The van der Waals surface area contributed by atoms with E-state index < -0.39 is 12.0 Å². The van der Waals surface area contributed by atoms with Crippen LogP contribution in [0.1, 0.15) is 5.56 Å². The van der Waals surface area contributed by atoms with Crippen molar-refractivity contribution in [2.24, 2.45) is 5.92 Å². The number of fused-ring (bicyclic) bond motifs is 1. The number of amides is 1. The number of hydrogen-bond donors (Lipinski definition) is 1. The summed E-state index contributed by atoms with van der Waals surface area (Å²) in [5.74, 6) is -0.724. The van der Waals surface area contributed by atoms with E-state index >= 15 is 0 Å². The maximum atomic E-state index is 12.6. The molecular weight excluding hydrogens is 274 g/mol. The van der Waals surface area contributed by atoms with Crippen LogP contribution in [0.5, 0.6) is 5.75 Å². The van der Waals surface area contributed by atoms with Gasteiger partial charge in [0.15, 0.2) is 6.04 Å². The van der Waals surface area contributed by atoms with Crippen LogP contribution >= 0.6 is 0 Å². The molecule has 1 N–H and O–H groups in total. The lowest BCUT2D eigenvalue weighted by Gasteiger charge is -2.36. The molecule has 0 saturated carbocycles. The van der Waals surface area contributed by atoms with Gasteiger partial charge in [-0.05, 0) is 18.1 Å². The Balaban J connectivity index is 1.75. The molecule has 112 valence electrons. The highest BCUT2D eigenvalue weighted by molar-refractivity contribution is 5.86. The van der Waals surface area contributed by atoms with Gasteiger partial charge in [-0.2, -0.15) is 0 Å². The van der Waals surface area contributed by atoms with Gasteiger partial charge in [-0.25, -0.2) is 4.79 Å². The molecule has 1 aromatic carbocycles. The molecule has 0 spiro atoms. The zero-order valence-corrected chi connectivity index (χ0v) is 11.5. The van der Waals surface area contributed by atoms with Gasteiger partial charge in [0.1, 0.15) is 12.4 Å². The molecule has 21 heavy (non-hydrogen) atoms. The molecule has 1 aromatic rings. The molecule has 1 saturated heterocycles. The number of carboxylic acids is 1. The Morgan fingerprint density at radius 2 is 2.05 bits per heavy atom. The minimum Gasteiger partial charge on any atom is -0.492 e. The Morgan fingerprint density at radius 3 is 2.86 bits per heavy atom. The van der Waals surface area contributed by atoms with Gasteiger partial charge in [0.05, 0.1) is 19.1 Å². The number of carbonyl (C=O) groups excluding carboxylic acids is 1. The molecule has 3 rings (SSSR count). The van der Waals surface area contributed by atoms with Crippen LogP contribution in [0.4, 0.5) is 0 Å². The minimum atomic E-state index is -1.03. The molecule has 6 heteroatoms. The number of ether oxygens (including phenoxy) is 2. The number of hydrogen-bond acceptors (Lipinski definition) is 4. The van der Waals surface area contributed by atoms with E-state index in [9.17, 15) is 14.7 Å². The highest BCUT2D eigenvalue weighted by Crippen LogP contribution is 2.28. The fourth-order valence-corrected chi connectivity index (χ4v) is 2.79. The Morgan fingerprint density at radius 1 is 1.24 bits per heavy atom. The smallest absolute Gasteiger partial charge is 0.328 e. The first kappa shape index (κ1) is 13.9. The summed E-state index contributed by atoms with van der Waals surface area (Å²) in [5.41, 5.74) is 0.988. The van der Waals surface area contributed by atoms with E-state index in [4.69, 9.17) is 9.47 Å². The predicted molar refractivity (Wildman–Crippen MR) is 73.1 cm³/mol. The second-order valence-corrected chi connectivity index (χ2v) is 5.28. The van der Waals surface area contributed by atoms with Crippen molar-refractivity contribution in [3.05, 3.63) is 29.8 Å². The third-order valence-electron chi connectivity index (χ3n) is 3.92. The zero-order valence-electron chi connectivity index (χ0n) is 11.5. The first-order valence-electron chi connectivity index (χ1n) is 6.98. The third-order valence-corrected chi connectivity index (χ3v) is 3.92. The molecule has 1 fully saturated rings. The van der Waals surface area contributed by atoms with E-state index in [1.54, 1.807) is 0 Å². The van der Waals surface area contributed by atoms with Gasteiger partial charge in [-0.15, -0.1) is 0 Å². The Kier molecular flexibility index (Phi) is 3.79. The van der Waals surface area contributed by atoms with Crippen LogP contribution in [0.15, 0.2) is 24.3 Å². The van der Waals surface area contributed by atoms with Crippen molar-refractivity contribution >= 4 is 11.9 Å². The Labute approximate surface area is 122 Å². The number of carboxylic acid groups (broad SMARTS) is 1. The summed E-state index contributed by atoms with van der Waals surface area (Å²) in [6, 6.07) is 6.71. The molecule has 2 aliphatic heterocycles. The summed E-state index contributed by atoms with van der Waals surface area (Å²) in [6.45, 7) is 1.03. The van der Waals surface area contributed by atoms with Crippen molar-refractivity contribution in [2.75, 3.05) is 26.4 Å². The monoisotopic (exact) mass is 291 g/mol. The van der Waals surface area contributed by atoms with Crippen LogP contribution in [0, 0.1) is 5.92 Å². The quantitative estimate of drug-likeness (QED) is 0.861. The highest BCUT2D eigenvalue weighted by Gasteiger charge is 2.37. The van der Waals surface area contributed by atoms with Crippen molar-refractivity contribution < 1.29 is 24.2 Å². The van der Waals surface area contributed by atoms with Crippen LogP contribution in [-0.4, -0.2) is 54.3 Å². The standard InChI is InChI=1S/C15H17NO5/c17-14(16-5-6-20-9-12(16)15(18)19)11-7-10-3-1-2-4-13(10)21-8-11/h1-4,11-12H,5-9H2,(H,18,19)/t11-,12-/m1/s1. The number of aliphatic carboxylic acids is 1. The van der Waals surface area contributed by atoms with Gasteiger partial charge in [0.25, 0.3) is 0 Å². The fraction of sp³-hybridized carbons (Fsp3) is 0.467. The van der Waals surface area contributed by atoms with Gasteiger partial charge in [0, 0.05) is 6.54 Å². The van der Waals surface area contributed by atoms with Gasteiger partial charge < -0.3 is 19.5 Å². The van der Waals surface area contributed by atoms with Crippen LogP contribution in [0.2, 0.25) is 0 Å². The molecule has 0 radical (unpaired) electrons.